The van der Waals surface area contributed by atoms with Crippen molar-refractivity contribution in [1.82, 2.24) is 14.9 Å². The smallest absolute Gasteiger partial charge is 0.214 e. The van der Waals surface area contributed by atoms with E-state index in [2.05, 4.69) is 29.3 Å². The highest BCUT2D eigenvalue weighted by Crippen LogP contribution is 2.10. The van der Waals surface area contributed by atoms with Crippen LogP contribution in [0.3, 0.4) is 0 Å². The first-order valence-electron chi connectivity index (χ1n) is 9.82. The van der Waals surface area contributed by atoms with E-state index in [9.17, 15) is 0 Å². The highest BCUT2D eigenvalue weighted by Gasteiger charge is 2.01. The van der Waals surface area contributed by atoms with Gasteiger partial charge in [0.15, 0.2) is 5.82 Å². The molecule has 0 fully saturated rings. The first-order chi connectivity index (χ1) is 11.8. The fourth-order valence-electron chi connectivity index (χ4n) is 2.87. The summed E-state index contributed by atoms with van der Waals surface area (Å²) in [7, 11) is 0. The molecule has 24 heavy (non-hydrogen) atoms. The lowest BCUT2D eigenvalue weighted by molar-refractivity contribution is 0.602. The zero-order valence-electron chi connectivity index (χ0n) is 15.4. The Morgan fingerprint density at radius 3 is 2.00 bits per heavy atom. The van der Waals surface area contributed by atoms with Crippen LogP contribution in [0.25, 0.3) is 0 Å². The number of nitrogen functional groups attached to an aromatic ring is 1. The Bertz CT molecular complexity index is 490. The Morgan fingerprint density at radius 1 is 0.917 bits per heavy atom. The van der Waals surface area contributed by atoms with Gasteiger partial charge in [-0.15, -0.1) is 0 Å². The normalized spacial score (nSPS) is 11.5. The van der Waals surface area contributed by atoms with Gasteiger partial charge in [-0.05, 0) is 44.3 Å². The van der Waals surface area contributed by atoms with Crippen molar-refractivity contribution in [3.8, 4) is 0 Å². The maximum absolute atomic E-state index is 5.77. The molecule has 0 saturated heterocycles. The van der Waals surface area contributed by atoms with E-state index >= 15 is 0 Å². The third kappa shape index (κ3) is 9.91. The number of aromatic amines is 1. The minimum atomic E-state index is 0.498. The molecular formula is C19H36N4S. The Kier molecular flexibility index (Phi) is 12.4. The van der Waals surface area contributed by atoms with Gasteiger partial charge in [0.05, 0.1) is 0 Å². The molecule has 0 aromatic carbocycles. The molecule has 138 valence electrons. The molecule has 0 atom stereocenters. The van der Waals surface area contributed by atoms with E-state index in [1.54, 1.807) is 0 Å². The van der Waals surface area contributed by atoms with Gasteiger partial charge in [-0.25, -0.2) is 4.68 Å². The number of aromatic nitrogens is 3. The lowest BCUT2D eigenvalue weighted by atomic mass is 10.1. The highest BCUT2D eigenvalue weighted by molar-refractivity contribution is 7.71. The van der Waals surface area contributed by atoms with Crippen LogP contribution in [-0.2, 0) is 6.42 Å². The maximum Gasteiger partial charge on any atom is 0.214 e. The van der Waals surface area contributed by atoms with Crippen LogP contribution < -0.4 is 5.84 Å². The zero-order valence-corrected chi connectivity index (χ0v) is 16.3. The second-order valence-electron chi connectivity index (χ2n) is 6.65. The van der Waals surface area contributed by atoms with Gasteiger partial charge in [-0.3, -0.25) is 5.10 Å². The van der Waals surface area contributed by atoms with Crippen LogP contribution in [-0.4, -0.2) is 14.9 Å². The van der Waals surface area contributed by atoms with E-state index in [1.807, 2.05) is 0 Å². The zero-order chi connectivity index (χ0) is 17.5. The second kappa shape index (κ2) is 14.3. The summed E-state index contributed by atoms with van der Waals surface area (Å²) >= 11 is 5.00. The summed E-state index contributed by atoms with van der Waals surface area (Å²) in [5, 5.41) is 6.85. The van der Waals surface area contributed by atoms with Gasteiger partial charge < -0.3 is 5.84 Å². The summed E-state index contributed by atoms with van der Waals surface area (Å²) < 4.78 is 1.97. The van der Waals surface area contributed by atoms with E-state index in [4.69, 9.17) is 18.1 Å². The molecule has 5 heteroatoms. The molecule has 3 N–H and O–H groups in total. The minimum absolute atomic E-state index is 0.498. The number of hydrogen-bond donors (Lipinski definition) is 2. The van der Waals surface area contributed by atoms with Crippen molar-refractivity contribution in [3.63, 3.8) is 0 Å². The van der Waals surface area contributed by atoms with Gasteiger partial charge >= 0.3 is 0 Å². The number of H-pyrrole nitrogens is 1. The fourth-order valence-corrected chi connectivity index (χ4v) is 3.02. The summed E-state index contributed by atoms with van der Waals surface area (Å²) in [4.78, 5) is 0. The Morgan fingerprint density at radius 2 is 1.46 bits per heavy atom. The number of nitrogens with two attached hydrogens (primary N) is 1. The average molecular weight is 353 g/mol. The largest absolute Gasteiger partial charge is 0.335 e. The third-order valence-electron chi connectivity index (χ3n) is 4.44. The first-order valence-corrected chi connectivity index (χ1v) is 10.2. The van der Waals surface area contributed by atoms with Crippen molar-refractivity contribution in [2.24, 2.45) is 0 Å². The van der Waals surface area contributed by atoms with E-state index in [1.165, 1.54) is 81.7 Å². The number of nitrogens with zero attached hydrogens (tertiary/aromatic N) is 2. The lowest BCUT2D eigenvalue weighted by Crippen LogP contribution is -2.12. The van der Waals surface area contributed by atoms with E-state index in [-0.39, 0.29) is 0 Å². The molecule has 0 radical (unpaired) electrons. The monoisotopic (exact) mass is 352 g/mol. The number of aryl methyl sites for hydroxylation is 1. The number of unbranched alkanes of at least 4 members (excludes halogenated alkanes) is 11. The van der Waals surface area contributed by atoms with Crippen molar-refractivity contribution in [3.05, 3.63) is 22.7 Å². The lowest BCUT2D eigenvalue weighted by Gasteiger charge is -2.01. The fraction of sp³-hybridized carbons (Fsp3) is 0.789. The molecular weight excluding hydrogens is 316 g/mol. The van der Waals surface area contributed by atoms with Gasteiger partial charge in [-0.1, -0.05) is 70.4 Å². The quantitative estimate of drug-likeness (QED) is 0.180. The number of allylic oxidation sites excluding steroid dienone is 2. The van der Waals surface area contributed by atoms with Crippen molar-refractivity contribution < 1.29 is 0 Å². The van der Waals surface area contributed by atoms with E-state index in [0.717, 1.165) is 18.7 Å². The Labute approximate surface area is 152 Å². The molecule has 4 nitrogen and oxygen atoms in total. The number of hydrogen-bond acceptors (Lipinski definition) is 3. The average Bonchev–Trinajstić information content (AvgIpc) is 2.90. The molecule has 0 aliphatic heterocycles. The summed E-state index contributed by atoms with van der Waals surface area (Å²) in [5.74, 6) is 6.63. The third-order valence-corrected chi connectivity index (χ3v) is 4.73. The van der Waals surface area contributed by atoms with E-state index in [0.29, 0.717) is 4.77 Å². The molecule has 1 heterocycles. The Hall–Kier alpha value is -1.10. The van der Waals surface area contributed by atoms with Crippen molar-refractivity contribution in [2.45, 2.75) is 96.8 Å². The van der Waals surface area contributed by atoms with Gasteiger partial charge in [0.2, 0.25) is 4.77 Å². The van der Waals surface area contributed by atoms with Crippen molar-refractivity contribution >= 4 is 12.2 Å². The molecule has 0 aliphatic rings. The molecule has 0 saturated carbocycles. The van der Waals surface area contributed by atoms with Gasteiger partial charge in [0.1, 0.15) is 0 Å². The van der Waals surface area contributed by atoms with Gasteiger partial charge in [-0.2, -0.15) is 5.10 Å². The molecule has 0 spiro atoms. The minimum Gasteiger partial charge on any atom is -0.335 e. The molecule has 1 aromatic rings. The van der Waals surface area contributed by atoms with Crippen molar-refractivity contribution in [1.29, 1.82) is 0 Å². The predicted molar refractivity (Wildman–Crippen MR) is 106 cm³/mol. The summed E-state index contributed by atoms with van der Waals surface area (Å²) in [6, 6.07) is 0. The summed E-state index contributed by atoms with van der Waals surface area (Å²) in [6.45, 7) is 2.27. The summed E-state index contributed by atoms with van der Waals surface area (Å²) in [6.07, 6.45) is 22.8. The molecule has 0 unspecified atom stereocenters. The first kappa shape index (κ1) is 20.9. The predicted octanol–water partition coefficient (Wildman–Crippen LogP) is 5.84. The molecule has 0 bridgehead atoms. The maximum atomic E-state index is 5.77. The topological polar surface area (TPSA) is 59.6 Å². The number of nitrogens with one attached hydrogen (secondary N) is 1. The SMILES string of the molecule is CCCCCCCC/C=C\CCCCCCCc1n[nH]c(=S)n1N. The van der Waals surface area contributed by atoms with Crippen LogP contribution in [0.4, 0.5) is 0 Å². The Balaban J connectivity index is 1.84. The second-order valence-corrected chi connectivity index (χ2v) is 7.04. The standard InChI is InChI=1S/C19H36N4S/c1-2-3-4-5-6-7-8-9-10-11-12-13-14-15-16-17-18-21-22-19(24)23(18)20/h9-10H,2-8,11-17,20H2,1H3,(H,22,24)/b10-9-. The van der Waals surface area contributed by atoms with Crippen LogP contribution >= 0.6 is 12.2 Å². The van der Waals surface area contributed by atoms with Crippen LogP contribution in [0.2, 0.25) is 0 Å². The van der Waals surface area contributed by atoms with Gasteiger partial charge in [0, 0.05) is 6.42 Å². The van der Waals surface area contributed by atoms with Crippen LogP contribution in [0.15, 0.2) is 12.2 Å². The van der Waals surface area contributed by atoms with Gasteiger partial charge in [0.25, 0.3) is 0 Å². The van der Waals surface area contributed by atoms with E-state index < -0.39 is 0 Å². The van der Waals surface area contributed by atoms with Crippen molar-refractivity contribution in [2.75, 3.05) is 5.84 Å². The highest BCUT2D eigenvalue weighted by atomic mass is 32.1. The molecule has 0 aliphatic carbocycles. The number of rotatable bonds is 15. The molecule has 1 rings (SSSR count). The van der Waals surface area contributed by atoms with Crippen LogP contribution in [0, 0.1) is 4.77 Å². The molecule has 1 aromatic heterocycles. The van der Waals surface area contributed by atoms with Crippen LogP contribution in [0.1, 0.15) is 96.2 Å². The summed E-state index contributed by atoms with van der Waals surface area (Å²) in [5.41, 5.74) is 0. The van der Waals surface area contributed by atoms with Crippen LogP contribution in [0.5, 0.6) is 0 Å². The molecule has 0 amide bonds.